The van der Waals surface area contributed by atoms with Gasteiger partial charge >= 0.3 is 0 Å². The largest absolute Gasteiger partial charge is 0.497 e. The number of rotatable bonds is 6. The summed E-state index contributed by atoms with van der Waals surface area (Å²) in [6.07, 6.45) is 2.46. The number of hydrogen-bond acceptors (Lipinski definition) is 3. The van der Waals surface area contributed by atoms with Crippen molar-refractivity contribution < 1.29 is 14.3 Å². The number of hydrogen-bond donors (Lipinski definition) is 0. The maximum Gasteiger partial charge on any atom is 0.226 e. The molecule has 0 atom stereocenters. The molecule has 0 aliphatic carbocycles. The minimum absolute atomic E-state index is 0.176. The molecule has 4 nitrogen and oxygen atoms in total. The van der Waals surface area contributed by atoms with Gasteiger partial charge in [-0.25, -0.2) is 0 Å². The van der Waals surface area contributed by atoms with Crippen molar-refractivity contribution >= 4 is 5.91 Å². The lowest BCUT2D eigenvalue weighted by Gasteiger charge is -2.32. The molecule has 0 spiro atoms. The van der Waals surface area contributed by atoms with Crippen LogP contribution in [0.4, 0.5) is 0 Å². The topological polar surface area (TPSA) is 38.8 Å². The number of piperidine rings is 1. The quantitative estimate of drug-likeness (QED) is 0.809. The van der Waals surface area contributed by atoms with Gasteiger partial charge in [-0.2, -0.15) is 0 Å². The molecule has 0 radical (unpaired) electrons. The molecule has 1 aliphatic rings. The van der Waals surface area contributed by atoms with Gasteiger partial charge in [-0.1, -0.05) is 42.5 Å². The predicted octanol–water partition coefficient (Wildman–Crippen LogP) is 3.45. The Bertz CT molecular complexity index is 679. The van der Waals surface area contributed by atoms with Crippen molar-refractivity contribution in [2.24, 2.45) is 0 Å². The summed E-state index contributed by atoms with van der Waals surface area (Å²) in [7, 11) is 1.64. The third kappa shape index (κ3) is 5.07. The van der Waals surface area contributed by atoms with Crippen LogP contribution in [0.3, 0.4) is 0 Å². The van der Waals surface area contributed by atoms with Crippen LogP contribution in [-0.2, 0) is 22.6 Å². The summed E-state index contributed by atoms with van der Waals surface area (Å²) < 4.78 is 11.2. The average Bonchev–Trinajstić information content (AvgIpc) is 2.67. The van der Waals surface area contributed by atoms with E-state index in [9.17, 15) is 4.79 Å². The number of amides is 1. The highest BCUT2D eigenvalue weighted by Gasteiger charge is 2.23. The second kappa shape index (κ2) is 8.67. The van der Waals surface area contributed by atoms with Crippen LogP contribution in [0.25, 0.3) is 0 Å². The van der Waals surface area contributed by atoms with Crippen molar-refractivity contribution in [1.82, 2.24) is 4.90 Å². The van der Waals surface area contributed by atoms with Crippen molar-refractivity contribution in [1.29, 1.82) is 0 Å². The van der Waals surface area contributed by atoms with E-state index in [-0.39, 0.29) is 12.0 Å². The second-order valence-electron chi connectivity index (χ2n) is 6.41. The van der Waals surface area contributed by atoms with E-state index in [0.717, 1.165) is 37.2 Å². The van der Waals surface area contributed by atoms with Crippen LogP contribution in [0, 0.1) is 0 Å². The first-order chi connectivity index (χ1) is 12.2. The van der Waals surface area contributed by atoms with E-state index in [4.69, 9.17) is 9.47 Å². The van der Waals surface area contributed by atoms with Gasteiger partial charge in [-0.3, -0.25) is 4.79 Å². The standard InChI is InChI=1S/C21H25NO3/c1-24-20-9-5-8-18(14-20)15-21(23)22-12-10-19(11-13-22)25-16-17-6-3-2-4-7-17/h2-9,14,19H,10-13,15-16H2,1H3. The fourth-order valence-electron chi connectivity index (χ4n) is 3.13. The molecule has 1 fully saturated rings. The molecule has 132 valence electrons. The lowest BCUT2D eigenvalue weighted by Crippen LogP contribution is -2.41. The summed E-state index contributed by atoms with van der Waals surface area (Å²) >= 11 is 0. The first-order valence-corrected chi connectivity index (χ1v) is 8.81. The Kier molecular flexibility index (Phi) is 6.07. The summed E-state index contributed by atoms with van der Waals surface area (Å²) in [4.78, 5) is 14.4. The third-order valence-corrected chi connectivity index (χ3v) is 4.61. The Morgan fingerprint density at radius 3 is 2.48 bits per heavy atom. The van der Waals surface area contributed by atoms with Gasteiger partial charge in [0.1, 0.15) is 5.75 Å². The van der Waals surface area contributed by atoms with Gasteiger partial charge in [0, 0.05) is 13.1 Å². The molecule has 0 saturated carbocycles. The molecule has 3 rings (SSSR count). The molecule has 1 amide bonds. The number of benzene rings is 2. The normalized spacial score (nSPS) is 15.2. The van der Waals surface area contributed by atoms with Gasteiger partial charge in [0.15, 0.2) is 0 Å². The molecule has 0 N–H and O–H groups in total. The molecular formula is C21H25NO3. The second-order valence-corrected chi connectivity index (χ2v) is 6.41. The number of likely N-dealkylation sites (tertiary alicyclic amines) is 1. The van der Waals surface area contributed by atoms with E-state index in [2.05, 4.69) is 12.1 Å². The summed E-state index contributed by atoms with van der Waals surface area (Å²) in [6.45, 7) is 2.17. The average molecular weight is 339 g/mol. The molecule has 2 aromatic rings. The van der Waals surface area contributed by atoms with Gasteiger partial charge in [0.25, 0.3) is 0 Å². The zero-order chi connectivity index (χ0) is 17.5. The molecule has 1 saturated heterocycles. The lowest BCUT2D eigenvalue weighted by atomic mass is 10.1. The number of nitrogens with zero attached hydrogens (tertiary/aromatic N) is 1. The monoisotopic (exact) mass is 339 g/mol. The van der Waals surface area contributed by atoms with Crippen molar-refractivity contribution in [3.63, 3.8) is 0 Å². The molecule has 0 aromatic heterocycles. The Labute approximate surface area is 149 Å². The van der Waals surface area contributed by atoms with Crippen LogP contribution in [0.15, 0.2) is 54.6 Å². The van der Waals surface area contributed by atoms with Crippen LogP contribution in [0.1, 0.15) is 24.0 Å². The van der Waals surface area contributed by atoms with E-state index in [1.807, 2.05) is 47.4 Å². The van der Waals surface area contributed by atoms with Gasteiger partial charge in [0.2, 0.25) is 5.91 Å². The Balaban J connectivity index is 1.44. The molecular weight excluding hydrogens is 314 g/mol. The van der Waals surface area contributed by atoms with Crippen LogP contribution in [0.5, 0.6) is 5.75 Å². The van der Waals surface area contributed by atoms with Gasteiger partial charge in [0.05, 0.1) is 26.2 Å². The zero-order valence-corrected chi connectivity index (χ0v) is 14.7. The highest BCUT2D eigenvalue weighted by molar-refractivity contribution is 5.79. The Morgan fingerprint density at radius 2 is 1.76 bits per heavy atom. The summed E-state index contributed by atoms with van der Waals surface area (Å²) in [5.74, 6) is 0.966. The molecule has 0 bridgehead atoms. The van der Waals surface area contributed by atoms with Crippen molar-refractivity contribution in [2.75, 3.05) is 20.2 Å². The smallest absolute Gasteiger partial charge is 0.226 e. The first-order valence-electron chi connectivity index (χ1n) is 8.81. The Morgan fingerprint density at radius 1 is 1.04 bits per heavy atom. The van der Waals surface area contributed by atoms with E-state index in [1.54, 1.807) is 7.11 Å². The van der Waals surface area contributed by atoms with Crippen LogP contribution >= 0.6 is 0 Å². The van der Waals surface area contributed by atoms with Gasteiger partial charge < -0.3 is 14.4 Å². The minimum atomic E-state index is 0.176. The third-order valence-electron chi connectivity index (χ3n) is 4.61. The number of methoxy groups -OCH3 is 1. The minimum Gasteiger partial charge on any atom is -0.497 e. The van der Waals surface area contributed by atoms with Crippen LogP contribution in [-0.4, -0.2) is 37.1 Å². The SMILES string of the molecule is COc1cccc(CC(=O)N2CCC(OCc3ccccc3)CC2)c1. The van der Waals surface area contributed by atoms with Crippen LogP contribution < -0.4 is 4.74 Å². The fourth-order valence-corrected chi connectivity index (χ4v) is 3.13. The highest BCUT2D eigenvalue weighted by atomic mass is 16.5. The maximum atomic E-state index is 12.5. The van der Waals surface area contributed by atoms with Crippen molar-refractivity contribution in [3.05, 3.63) is 65.7 Å². The molecule has 4 heteroatoms. The first kappa shape index (κ1) is 17.5. The lowest BCUT2D eigenvalue weighted by molar-refractivity contribution is -0.133. The van der Waals surface area contributed by atoms with Crippen LogP contribution in [0.2, 0.25) is 0 Å². The molecule has 2 aromatic carbocycles. The fraction of sp³-hybridized carbons (Fsp3) is 0.381. The van der Waals surface area contributed by atoms with Gasteiger partial charge in [-0.15, -0.1) is 0 Å². The number of ether oxygens (including phenoxy) is 2. The summed E-state index contributed by atoms with van der Waals surface area (Å²) in [5, 5.41) is 0. The van der Waals surface area contributed by atoms with E-state index < -0.39 is 0 Å². The molecule has 0 unspecified atom stereocenters. The van der Waals surface area contributed by atoms with Crippen molar-refractivity contribution in [3.8, 4) is 5.75 Å². The highest BCUT2D eigenvalue weighted by Crippen LogP contribution is 2.18. The predicted molar refractivity (Wildman–Crippen MR) is 97.5 cm³/mol. The summed E-state index contributed by atoms with van der Waals surface area (Å²) in [6, 6.07) is 17.9. The number of carbonyl (C=O) groups excluding carboxylic acids is 1. The molecule has 1 aliphatic heterocycles. The van der Waals surface area contributed by atoms with E-state index in [0.29, 0.717) is 13.0 Å². The van der Waals surface area contributed by atoms with Gasteiger partial charge in [-0.05, 0) is 36.1 Å². The molecule has 25 heavy (non-hydrogen) atoms. The van der Waals surface area contributed by atoms with Crippen molar-refractivity contribution in [2.45, 2.75) is 32.0 Å². The summed E-state index contributed by atoms with van der Waals surface area (Å²) in [5.41, 5.74) is 2.19. The van der Waals surface area contributed by atoms with E-state index >= 15 is 0 Å². The molecule has 1 heterocycles. The van der Waals surface area contributed by atoms with E-state index in [1.165, 1.54) is 5.56 Å². The Hall–Kier alpha value is -2.33. The maximum absolute atomic E-state index is 12.5. The number of carbonyl (C=O) groups is 1. The zero-order valence-electron chi connectivity index (χ0n) is 14.7.